The van der Waals surface area contributed by atoms with Crippen LogP contribution in [0.4, 0.5) is 26.1 Å². The Hall–Kier alpha value is -4.01. The summed E-state index contributed by atoms with van der Waals surface area (Å²) in [6.45, 7) is 2.60. The fourth-order valence-corrected chi connectivity index (χ4v) is 5.54. The summed E-state index contributed by atoms with van der Waals surface area (Å²) in [5.41, 5.74) is 1.88. The molecule has 0 unspecified atom stereocenters. The molecule has 0 spiro atoms. The number of alkyl halides is 1. The van der Waals surface area contributed by atoms with Gasteiger partial charge in [-0.25, -0.2) is 32.7 Å². The molecule has 5 rings (SSSR count). The number of hydrogen-bond donors (Lipinski definition) is 2. The van der Waals surface area contributed by atoms with E-state index < -0.39 is 28.3 Å². The second kappa shape index (κ2) is 13.3. The smallest absolute Gasteiger partial charge is 0.232 e. The van der Waals surface area contributed by atoms with Crippen LogP contribution in [0.5, 0.6) is 0 Å². The Morgan fingerprint density at radius 3 is 2.64 bits per heavy atom. The first-order valence-electron chi connectivity index (χ1n) is 13.4. The van der Waals surface area contributed by atoms with Crippen molar-refractivity contribution in [3.8, 4) is 22.6 Å². The minimum absolute atomic E-state index is 0.0976. The Kier molecular flexibility index (Phi) is 9.35. The maximum absolute atomic E-state index is 15.6. The second-order valence-electron chi connectivity index (χ2n) is 9.52. The first kappa shape index (κ1) is 29.5. The standard InChI is InChI=1S/C28H31F2N7O4S/c1-40-14-11-31-24-9-6-19(18-32-24)27-34-23-8-7-21(33-26(23)28(35-27)37-12-15-41-16-13-37)20-4-2-5-22(25(20)30)36-42(38,39)17-3-10-29/h2,4-9,18,36H,3,10-17H2,1H3,(H,31,32). The van der Waals surface area contributed by atoms with Crippen molar-refractivity contribution in [1.29, 1.82) is 0 Å². The summed E-state index contributed by atoms with van der Waals surface area (Å²) in [4.78, 5) is 20.8. The van der Waals surface area contributed by atoms with Crippen LogP contribution in [0.15, 0.2) is 48.7 Å². The number of morpholine rings is 1. The van der Waals surface area contributed by atoms with Crippen LogP contribution in [-0.2, 0) is 19.5 Å². The highest BCUT2D eigenvalue weighted by atomic mass is 32.2. The molecule has 1 aromatic carbocycles. The number of anilines is 3. The summed E-state index contributed by atoms with van der Waals surface area (Å²) in [6.07, 6.45) is 1.51. The number of nitrogens with one attached hydrogen (secondary N) is 2. The van der Waals surface area contributed by atoms with E-state index in [1.54, 1.807) is 25.4 Å². The molecule has 1 fully saturated rings. The molecule has 4 heterocycles. The van der Waals surface area contributed by atoms with Crippen LogP contribution in [0.25, 0.3) is 33.7 Å². The molecule has 1 aliphatic rings. The van der Waals surface area contributed by atoms with E-state index in [1.165, 1.54) is 18.2 Å². The van der Waals surface area contributed by atoms with Gasteiger partial charge in [0.05, 0.1) is 49.1 Å². The fourth-order valence-electron chi connectivity index (χ4n) is 4.46. The van der Waals surface area contributed by atoms with Crippen LogP contribution in [0.1, 0.15) is 6.42 Å². The summed E-state index contributed by atoms with van der Waals surface area (Å²) in [7, 11) is -2.28. The number of benzene rings is 1. The van der Waals surface area contributed by atoms with E-state index in [-0.39, 0.29) is 23.4 Å². The highest BCUT2D eigenvalue weighted by Gasteiger charge is 2.22. The van der Waals surface area contributed by atoms with Crippen LogP contribution in [0, 0.1) is 5.82 Å². The maximum atomic E-state index is 15.6. The predicted molar refractivity (Wildman–Crippen MR) is 157 cm³/mol. The summed E-state index contributed by atoms with van der Waals surface area (Å²) in [5.74, 6) is 0.498. The zero-order chi connectivity index (χ0) is 29.5. The Balaban J connectivity index is 1.52. The second-order valence-corrected chi connectivity index (χ2v) is 11.4. The van der Waals surface area contributed by atoms with E-state index in [1.807, 2.05) is 17.0 Å². The number of aromatic nitrogens is 4. The Morgan fingerprint density at radius 2 is 1.90 bits per heavy atom. The molecular formula is C28H31F2N7O4S. The molecule has 0 amide bonds. The first-order valence-corrected chi connectivity index (χ1v) is 15.1. The number of halogens is 2. The molecule has 222 valence electrons. The van der Waals surface area contributed by atoms with Crippen molar-refractivity contribution in [2.75, 3.05) is 73.9 Å². The average Bonchev–Trinajstić information content (AvgIpc) is 3.01. The molecule has 14 heteroatoms. The first-order chi connectivity index (χ1) is 20.4. The summed E-state index contributed by atoms with van der Waals surface area (Å²) in [5, 5.41) is 3.18. The van der Waals surface area contributed by atoms with Crippen LogP contribution in [0.3, 0.4) is 0 Å². The summed E-state index contributed by atoms with van der Waals surface area (Å²) >= 11 is 0. The van der Waals surface area contributed by atoms with Gasteiger partial charge in [-0.3, -0.25) is 9.11 Å². The number of pyridine rings is 2. The van der Waals surface area contributed by atoms with Crippen LogP contribution in [0.2, 0.25) is 0 Å². The number of rotatable bonds is 12. The van der Waals surface area contributed by atoms with Gasteiger partial charge in [0.2, 0.25) is 10.0 Å². The van der Waals surface area contributed by atoms with E-state index in [0.717, 1.165) is 0 Å². The van der Waals surface area contributed by atoms with Gasteiger partial charge in [0.1, 0.15) is 11.3 Å². The van der Waals surface area contributed by atoms with Crippen LogP contribution >= 0.6 is 0 Å². The van der Waals surface area contributed by atoms with E-state index in [0.29, 0.717) is 73.5 Å². The molecule has 1 saturated heterocycles. The van der Waals surface area contributed by atoms with Gasteiger partial charge in [0.15, 0.2) is 17.5 Å². The average molecular weight is 600 g/mol. The molecule has 0 bridgehead atoms. The quantitative estimate of drug-likeness (QED) is 0.231. The fraction of sp³-hybridized carbons (Fsp3) is 0.357. The number of nitrogens with zero attached hydrogens (tertiary/aromatic N) is 5. The minimum Gasteiger partial charge on any atom is -0.383 e. The molecule has 11 nitrogen and oxygen atoms in total. The third-order valence-electron chi connectivity index (χ3n) is 6.56. The van der Waals surface area contributed by atoms with Crippen molar-refractivity contribution in [3.63, 3.8) is 0 Å². The van der Waals surface area contributed by atoms with Crippen molar-refractivity contribution >= 4 is 38.4 Å². The van der Waals surface area contributed by atoms with Gasteiger partial charge < -0.3 is 19.7 Å². The molecule has 3 aromatic heterocycles. The number of fused-ring (bicyclic) bond motifs is 1. The topological polar surface area (TPSA) is 131 Å². The van der Waals surface area contributed by atoms with Gasteiger partial charge in [-0.15, -0.1) is 0 Å². The molecule has 42 heavy (non-hydrogen) atoms. The lowest BCUT2D eigenvalue weighted by molar-refractivity contribution is 0.122. The number of ether oxygens (including phenoxy) is 2. The van der Waals surface area contributed by atoms with Crippen molar-refractivity contribution in [2.45, 2.75) is 6.42 Å². The van der Waals surface area contributed by atoms with Gasteiger partial charge in [0.25, 0.3) is 0 Å². The van der Waals surface area contributed by atoms with Crippen molar-refractivity contribution in [2.24, 2.45) is 0 Å². The highest BCUT2D eigenvalue weighted by Crippen LogP contribution is 2.32. The zero-order valence-electron chi connectivity index (χ0n) is 23.0. The highest BCUT2D eigenvalue weighted by molar-refractivity contribution is 7.92. The lowest BCUT2D eigenvalue weighted by Gasteiger charge is -2.28. The zero-order valence-corrected chi connectivity index (χ0v) is 23.8. The third-order valence-corrected chi connectivity index (χ3v) is 7.91. The maximum Gasteiger partial charge on any atom is 0.232 e. The van der Waals surface area contributed by atoms with Gasteiger partial charge in [-0.1, -0.05) is 6.07 Å². The van der Waals surface area contributed by atoms with Gasteiger partial charge >= 0.3 is 0 Å². The number of methoxy groups -OCH3 is 1. The van der Waals surface area contributed by atoms with Gasteiger partial charge in [-0.05, 0) is 42.8 Å². The lowest BCUT2D eigenvalue weighted by atomic mass is 10.1. The van der Waals surface area contributed by atoms with Crippen LogP contribution in [-0.4, -0.2) is 87.3 Å². The monoisotopic (exact) mass is 599 g/mol. The molecule has 0 radical (unpaired) electrons. The van der Waals surface area contributed by atoms with E-state index in [9.17, 15) is 12.8 Å². The molecule has 1 aliphatic heterocycles. The Labute approximate surface area is 242 Å². The summed E-state index contributed by atoms with van der Waals surface area (Å²) < 4.78 is 65.4. The lowest BCUT2D eigenvalue weighted by Crippen LogP contribution is -2.37. The summed E-state index contributed by atoms with van der Waals surface area (Å²) in [6, 6.07) is 11.4. The van der Waals surface area contributed by atoms with E-state index in [4.69, 9.17) is 24.4 Å². The van der Waals surface area contributed by atoms with Crippen LogP contribution < -0.4 is 14.9 Å². The molecule has 0 aliphatic carbocycles. The Bertz CT molecular complexity index is 1640. The SMILES string of the molecule is COCCNc1ccc(-c2nc(N3CCOCC3)c3nc(-c4cccc(NS(=O)(=O)CCCF)c4F)ccc3n2)cn1. The largest absolute Gasteiger partial charge is 0.383 e. The predicted octanol–water partition coefficient (Wildman–Crippen LogP) is 3.89. The Morgan fingerprint density at radius 1 is 1.07 bits per heavy atom. The number of hydrogen-bond acceptors (Lipinski definition) is 10. The normalized spacial score (nSPS) is 13.8. The number of sulfonamides is 1. The third kappa shape index (κ3) is 6.89. The molecule has 2 N–H and O–H groups in total. The van der Waals surface area contributed by atoms with E-state index >= 15 is 4.39 Å². The van der Waals surface area contributed by atoms with Crippen molar-refractivity contribution < 1.29 is 26.7 Å². The van der Waals surface area contributed by atoms with Gasteiger partial charge in [-0.2, -0.15) is 0 Å². The van der Waals surface area contributed by atoms with Gasteiger partial charge in [0, 0.05) is 44.1 Å². The van der Waals surface area contributed by atoms with Crippen molar-refractivity contribution in [1.82, 2.24) is 19.9 Å². The molecule has 4 aromatic rings. The minimum atomic E-state index is -3.92. The molecule has 0 atom stereocenters. The molecular weight excluding hydrogens is 568 g/mol. The van der Waals surface area contributed by atoms with E-state index in [2.05, 4.69) is 15.0 Å². The van der Waals surface area contributed by atoms with Crippen molar-refractivity contribution in [3.05, 3.63) is 54.5 Å². The molecule has 0 saturated carbocycles.